The first-order chi connectivity index (χ1) is 14.6. The average Bonchev–Trinajstić information content (AvgIpc) is 2.72. The van der Waals surface area contributed by atoms with E-state index in [-0.39, 0.29) is 0 Å². The third kappa shape index (κ3) is 3.96. The lowest BCUT2D eigenvalue weighted by Gasteiger charge is -2.30. The predicted molar refractivity (Wildman–Crippen MR) is 114 cm³/mol. The third-order valence-electron chi connectivity index (χ3n) is 5.48. The van der Waals surface area contributed by atoms with Crippen molar-refractivity contribution in [3.63, 3.8) is 0 Å². The topological polar surface area (TPSA) is 81.1 Å². The number of amides is 1. The Kier molecular flexibility index (Phi) is 5.61. The Morgan fingerprint density at radius 3 is 2.37 bits per heavy atom. The van der Waals surface area contributed by atoms with Crippen LogP contribution < -0.4 is 19.1 Å². The fraction of sp³-hybridized carbons (Fsp3) is 0.304. The van der Waals surface area contributed by atoms with Gasteiger partial charge in [-0.1, -0.05) is 6.42 Å². The summed E-state index contributed by atoms with van der Waals surface area (Å²) in [5.74, 6) is 2.87. The molecule has 1 aromatic heterocycles. The molecule has 30 heavy (non-hydrogen) atoms. The molecular formula is C23H24N2O5. The lowest BCUT2D eigenvalue weighted by molar-refractivity contribution is 0.197. The second kappa shape index (κ2) is 8.49. The molecular weight excluding hydrogens is 384 g/mol. The van der Waals surface area contributed by atoms with Gasteiger partial charge in [0.15, 0.2) is 11.5 Å². The minimum atomic E-state index is -0.934. The van der Waals surface area contributed by atoms with Crippen molar-refractivity contribution in [3.05, 3.63) is 48.7 Å². The number of ether oxygens (including phenoxy) is 3. The first-order valence-corrected chi connectivity index (χ1v) is 9.88. The maximum absolute atomic E-state index is 11.7. The average molecular weight is 408 g/mol. The van der Waals surface area contributed by atoms with Crippen molar-refractivity contribution in [1.82, 2.24) is 4.98 Å². The van der Waals surface area contributed by atoms with Crippen LogP contribution in [0, 0.1) is 5.92 Å². The molecule has 156 valence electrons. The Morgan fingerprint density at radius 2 is 1.77 bits per heavy atom. The van der Waals surface area contributed by atoms with E-state index in [0.29, 0.717) is 41.1 Å². The van der Waals surface area contributed by atoms with Gasteiger partial charge >= 0.3 is 6.09 Å². The lowest BCUT2D eigenvalue weighted by atomic mass is 9.85. The standard InChI is InChI=1S/C23H24N2O5/c1-28-21-12-18-19(13-22(21)29-2)24-11-10-20(18)30-17-8-6-16(7-9-17)25(23(26)27)14-15-4-3-5-15/h6-13,15H,3-5,14H2,1-2H3,(H,26,27). The Morgan fingerprint density at radius 1 is 1.07 bits per heavy atom. The van der Waals surface area contributed by atoms with Gasteiger partial charge in [0.05, 0.1) is 19.7 Å². The quantitative estimate of drug-likeness (QED) is 0.569. The molecule has 0 saturated heterocycles. The Hall–Kier alpha value is -3.48. The van der Waals surface area contributed by atoms with Gasteiger partial charge in [-0.25, -0.2) is 4.79 Å². The van der Waals surface area contributed by atoms with Crippen LogP contribution in [-0.2, 0) is 0 Å². The molecule has 7 nitrogen and oxygen atoms in total. The van der Waals surface area contributed by atoms with Crippen LogP contribution in [0.3, 0.4) is 0 Å². The number of benzene rings is 2. The van der Waals surface area contributed by atoms with Crippen molar-refractivity contribution in [2.24, 2.45) is 5.92 Å². The summed E-state index contributed by atoms with van der Waals surface area (Å²) in [5.41, 5.74) is 1.37. The molecule has 2 aromatic carbocycles. The largest absolute Gasteiger partial charge is 0.493 e. The van der Waals surface area contributed by atoms with Crippen molar-refractivity contribution in [1.29, 1.82) is 0 Å². The number of carbonyl (C=O) groups is 1. The van der Waals surface area contributed by atoms with Crippen molar-refractivity contribution in [2.75, 3.05) is 25.7 Å². The summed E-state index contributed by atoms with van der Waals surface area (Å²) < 4.78 is 16.8. The minimum absolute atomic E-state index is 0.451. The molecule has 4 rings (SSSR count). The second-order valence-electron chi connectivity index (χ2n) is 7.32. The van der Waals surface area contributed by atoms with Crippen molar-refractivity contribution in [2.45, 2.75) is 19.3 Å². The van der Waals surface area contributed by atoms with Crippen LogP contribution >= 0.6 is 0 Å². The minimum Gasteiger partial charge on any atom is -0.493 e. The van der Waals surface area contributed by atoms with Crippen LogP contribution in [0.2, 0.25) is 0 Å². The fourth-order valence-corrected chi connectivity index (χ4v) is 3.59. The molecule has 3 aromatic rings. The van der Waals surface area contributed by atoms with E-state index in [9.17, 15) is 9.90 Å². The van der Waals surface area contributed by atoms with Crippen LogP contribution in [-0.4, -0.2) is 36.9 Å². The van der Waals surface area contributed by atoms with Crippen molar-refractivity contribution in [3.8, 4) is 23.0 Å². The molecule has 1 aliphatic carbocycles. The molecule has 1 heterocycles. The SMILES string of the molecule is COc1cc2nccc(Oc3ccc(N(CC4CCC4)C(=O)O)cc3)c2cc1OC. The lowest BCUT2D eigenvalue weighted by Crippen LogP contribution is -2.36. The molecule has 0 spiro atoms. The van der Waals surface area contributed by atoms with E-state index in [4.69, 9.17) is 14.2 Å². The Labute approximate surface area is 174 Å². The molecule has 0 unspecified atom stereocenters. The number of nitrogens with zero attached hydrogens (tertiary/aromatic N) is 2. The summed E-state index contributed by atoms with van der Waals surface area (Å²) in [6.07, 6.45) is 4.10. The fourth-order valence-electron chi connectivity index (χ4n) is 3.59. The number of rotatable bonds is 7. The van der Waals surface area contributed by atoms with Crippen LogP contribution in [0.4, 0.5) is 10.5 Å². The molecule has 1 saturated carbocycles. The molecule has 1 N–H and O–H groups in total. The van der Waals surface area contributed by atoms with Gasteiger partial charge in [-0.2, -0.15) is 0 Å². The van der Waals surface area contributed by atoms with E-state index in [1.54, 1.807) is 56.8 Å². The number of hydrogen-bond acceptors (Lipinski definition) is 5. The normalized spacial score (nSPS) is 13.5. The molecule has 1 aliphatic rings. The molecule has 7 heteroatoms. The number of carboxylic acid groups (broad SMARTS) is 1. The van der Waals surface area contributed by atoms with Gasteiger partial charge < -0.3 is 19.3 Å². The van der Waals surface area contributed by atoms with Gasteiger partial charge in [0.25, 0.3) is 0 Å². The van der Waals surface area contributed by atoms with Gasteiger partial charge in [0.1, 0.15) is 11.5 Å². The number of fused-ring (bicyclic) bond motifs is 1. The third-order valence-corrected chi connectivity index (χ3v) is 5.48. The van der Waals surface area contributed by atoms with E-state index < -0.39 is 6.09 Å². The highest BCUT2D eigenvalue weighted by molar-refractivity contribution is 5.88. The highest BCUT2D eigenvalue weighted by Crippen LogP contribution is 2.37. The number of hydrogen-bond donors (Lipinski definition) is 1. The smallest absolute Gasteiger partial charge is 0.411 e. The van der Waals surface area contributed by atoms with E-state index in [2.05, 4.69) is 4.98 Å². The van der Waals surface area contributed by atoms with Gasteiger partial charge in [-0.3, -0.25) is 9.88 Å². The maximum atomic E-state index is 11.7. The summed E-state index contributed by atoms with van der Waals surface area (Å²) in [6, 6.07) is 12.5. The summed E-state index contributed by atoms with van der Waals surface area (Å²) >= 11 is 0. The number of pyridine rings is 1. The van der Waals surface area contributed by atoms with E-state index in [1.807, 2.05) is 6.07 Å². The van der Waals surface area contributed by atoms with Gasteiger partial charge in [0, 0.05) is 29.9 Å². The van der Waals surface area contributed by atoms with Crippen LogP contribution in [0.15, 0.2) is 48.7 Å². The summed E-state index contributed by atoms with van der Waals surface area (Å²) in [7, 11) is 3.16. The summed E-state index contributed by atoms with van der Waals surface area (Å²) in [6.45, 7) is 0.534. The van der Waals surface area contributed by atoms with Crippen LogP contribution in [0.5, 0.6) is 23.0 Å². The summed E-state index contributed by atoms with van der Waals surface area (Å²) in [4.78, 5) is 17.5. The van der Waals surface area contributed by atoms with E-state index in [0.717, 1.165) is 23.7 Å². The van der Waals surface area contributed by atoms with Gasteiger partial charge in [-0.05, 0) is 55.2 Å². The predicted octanol–water partition coefficient (Wildman–Crippen LogP) is 5.33. The van der Waals surface area contributed by atoms with E-state index in [1.165, 1.54) is 11.3 Å². The monoisotopic (exact) mass is 408 g/mol. The number of methoxy groups -OCH3 is 2. The highest BCUT2D eigenvalue weighted by atomic mass is 16.5. The molecule has 1 amide bonds. The zero-order valence-electron chi connectivity index (χ0n) is 17.0. The summed E-state index contributed by atoms with van der Waals surface area (Å²) in [5, 5.41) is 10.4. The molecule has 1 fully saturated rings. The van der Waals surface area contributed by atoms with Crippen molar-refractivity contribution >= 4 is 22.7 Å². The molecule has 0 radical (unpaired) electrons. The number of anilines is 1. The Balaban J connectivity index is 1.58. The molecule has 0 aliphatic heterocycles. The van der Waals surface area contributed by atoms with Gasteiger partial charge in [-0.15, -0.1) is 0 Å². The molecule has 0 bridgehead atoms. The first-order valence-electron chi connectivity index (χ1n) is 9.88. The molecule has 0 atom stereocenters. The first kappa shape index (κ1) is 19.8. The van der Waals surface area contributed by atoms with E-state index >= 15 is 0 Å². The number of aromatic nitrogens is 1. The zero-order valence-corrected chi connectivity index (χ0v) is 17.0. The van der Waals surface area contributed by atoms with Gasteiger partial charge in [0.2, 0.25) is 0 Å². The van der Waals surface area contributed by atoms with Crippen molar-refractivity contribution < 1.29 is 24.1 Å². The van der Waals surface area contributed by atoms with Crippen LogP contribution in [0.1, 0.15) is 19.3 Å². The highest BCUT2D eigenvalue weighted by Gasteiger charge is 2.24. The second-order valence-corrected chi connectivity index (χ2v) is 7.32. The maximum Gasteiger partial charge on any atom is 0.411 e. The zero-order chi connectivity index (χ0) is 21.1. The Bertz CT molecular complexity index is 1050. The van der Waals surface area contributed by atoms with Crippen LogP contribution in [0.25, 0.3) is 10.9 Å².